The second-order valence-electron chi connectivity index (χ2n) is 7.06. The lowest BCUT2D eigenvalue weighted by atomic mass is 9.95. The minimum Gasteiger partial charge on any atom is -0.353 e. The van der Waals surface area contributed by atoms with E-state index in [1.54, 1.807) is 0 Å². The second-order valence-corrected chi connectivity index (χ2v) is 8.90. The molecule has 7 nitrogen and oxygen atoms in total. The number of nitrogens with two attached hydrogens (primary N) is 1. The van der Waals surface area contributed by atoms with Crippen LogP contribution in [0.2, 0.25) is 0 Å². The Hall–Kier alpha value is -1.88. The van der Waals surface area contributed by atoms with Gasteiger partial charge < -0.3 is 10.5 Å². The van der Waals surface area contributed by atoms with Gasteiger partial charge >= 0.3 is 0 Å². The molecule has 1 fully saturated rings. The zero-order valence-corrected chi connectivity index (χ0v) is 15.5. The molecule has 0 unspecified atom stereocenters. The molecule has 0 saturated carbocycles. The molecule has 2 N–H and O–H groups in total. The van der Waals surface area contributed by atoms with Crippen molar-refractivity contribution in [2.24, 2.45) is 5.73 Å². The molecule has 2 aliphatic heterocycles. The normalized spacial score (nSPS) is 26.3. The quantitative estimate of drug-likeness (QED) is 0.843. The van der Waals surface area contributed by atoms with Crippen molar-refractivity contribution in [3.05, 3.63) is 52.9 Å². The van der Waals surface area contributed by atoms with Gasteiger partial charge in [-0.3, -0.25) is 4.90 Å². The molecule has 146 valence electrons. The van der Waals surface area contributed by atoms with Crippen LogP contribution in [0.5, 0.6) is 0 Å². The van der Waals surface area contributed by atoms with E-state index in [1.807, 2.05) is 4.90 Å². The molecule has 1 aromatic carbocycles. The van der Waals surface area contributed by atoms with Crippen LogP contribution in [-0.4, -0.2) is 41.0 Å². The molecule has 27 heavy (non-hydrogen) atoms. The highest BCUT2D eigenvalue weighted by Crippen LogP contribution is 2.36. The summed E-state index contributed by atoms with van der Waals surface area (Å²) in [5.74, 6) is -1.09. The van der Waals surface area contributed by atoms with Crippen LogP contribution in [0.25, 0.3) is 0 Å². The summed E-state index contributed by atoms with van der Waals surface area (Å²) in [6, 6.07) is 2.82. The number of hydrogen-bond acceptors (Lipinski definition) is 6. The Morgan fingerprint density at radius 3 is 2.74 bits per heavy atom. The standard InChI is InChI=1S/C17H20F2N4O3S/c1-27(24,25)23-8-10-7-22(9-15(10)21-23)16-5-4-14(20)17(26-16)12-6-11(18)2-3-13(12)19/h2-3,6,8,14,16-17H,4-5,7,9,20H2,1H3/t14-,16-,17+/m0/s1. The molecule has 2 aliphatic rings. The highest BCUT2D eigenvalue weighted by atomic mass is 32.2. The number of nitrogens with zero attached hydrogens (tertiary/aromatic N) is 3. The van der Waals surface area contributed by atoms with Crippen molar-refractivity contribution in [2.75, 3.05) is 6.26 Å². The first-order valence-corrected chi connectivity index (χ1v) is 10.4. The van der Waals surface area contributed by atoms with Gasteiger partial charge in [-0.25, -0.2) is 17.2 Å². The Kier molecular flexibility index (Phi) is 4.53. The largest absolute Gasteiger partial charge is 0.353 e. The van der Waals surface area contributed by atoms with E-state index >= 15 is 0 Å². The van der Waals surface area contributed by atoms with Gasteiger partial charge in [-0.1, -0.05) is 0 Å². The van der Waals surface area contributed by atoms with Crippen LogP contribution < -0.4 is 5.73 Å². The predicted octanol–water partition coefficient (Wildman–Crippen LogP) is 1.49. The third kappa shape index (κ3) is 3.49. The number of rotatable bonds is 3. The van der Waals surface area contributed by atoms with E-state index in [4.69, 9.17) is 10.5 Å². The summed E-state index contributed by atoms with van der Waals surface area (Å²) in [5, 5.41) is 4.12. The number of benzene rings is 1. The summed E-state index contributed by atoms with van der Waals surface area (Å²) in [5.41, 5.74) is 7.71. The van der Waals surface area contributed by atoms with Gasteiger partial charge in [-0.05, 0) is 31.0 Å². The molecule has 10 heteroatoms. The summed E-state index contributed by atoms with van der Waals surface area (Å²) in [6.45, 7) is 0.902. The van der Waals surface area contributed by atoms with Gasteiger partial charge in [0.2, 0.25) is 0 Å². The van der Waals surface area contributed by atoms with E-state index < -0.39 is 33.8 Å². The fraction of sp³-hybridized carbons (Fsp3) is 0.471. The molecular formula is C17H20F2N4O3S. The topological polar surface area (TPSA) is 90.5 Å². The lowest BCUT2D eigenvalue weighted by Gasteiger charge is -2.39. The number of fused-ring (bicyclic) bond motifs is 1. The minimum atomic E-state index is -3.42. The van der Waals surface area contributed by atoms with E-state index in [0.717, 1.165) is 34.1 Å². The van der Waals surface area contributed by atoms with Crippen LogP contribution in [0.1, 0.15) is 35.8 Å². The van der Waals surface area contributed by atoms with E-state index in [-0.39, 0.29) is 11.8 Å². The maximum Gasteiger partial charge on any atom is 0.250 e. The Labute approximate surface area is 155 Å². The molecule has 1 aromatic heterocycles. The van der Waals surface area contributed by atoms with Crippen LogP contribution in [-0.2, 0) is 27.8 Å². The summed E-state index contributed by atoms with van der Waals surface area (Å²) < 4.78 is 57.9. The summed E-state index contributed by atoms with van der Waals surface area (Å²) in [4.78, 5) is 2.00. The van der Waals surface area contributed by atoms with Crippen molar-refractivity contribution in [3.8, 4) is 0 Å². The Morgan fingerprint density at radius 1 is 1.26 bits per heavy atom. The highest BCUT2D eigenvalue weighted by molar-refractivity contribution is 7.89. The Morgan fingerprint density at radius 2 is 2.04 bits per heavy atom. The molecule has 1 saturated heterocycles. The Balaban J connectivity index is 1.52. The fourth-order valence-corrected chi connectivity index (χ4v) is 4.22. The van der Waals surface area contributed by atoms with Crippen molar-refractivity contribution >= 4 is 10.0 Å². The van der Waals surface area contributed by atoms with Gasteiger partial charge in [0.25, 0.3) is 10.0 Å². The van der Waals surface area contributed by atoms with Crippen molar-refractivity contribution < 1.29 is 21.9 Å². The van der Waals surface area contributed by atoms with Crippen LogP contribution in [0.3, 0.4) is 0 Å². The molecule has 4 rings (SSSR count). The first kappa shape index (κ1) is 18.5. The van der Waals surface area contributed by atoms with Crippen LogP contribution >= 0.6 is 0 Å². The molecule has 0 spiro atoms. The van der Waals surface area contributed by atoms with Gasteiger partial charge in [-0.2, -0.15) is 9.19 Å². The number of hydrogen-bond donors (Lipinski definition) is 1. The lowest BCUT2D eigenvalue weighted by Crippen LogP contribution is -2.45. The van der Waals surface area contributed by atoms with Crippen molar-refractivity contribution in [3.63, 3.8) is 0 Å². The SMILES string of the molecule is CS(=O)(=O)n1cc2c(n1)CN([C@@H]1CC[C@H](N)[C@@H](c3cc(F)ccc3F)O1)C2. The average Bonchev–Trinajstić information content (AvgIpc) is 3.16. The van der Waals surface area contributed by atoms with Crippen molar-refractivity contribution in [2.45, 2.75) is 44.3 Å². The van der Waals surface area contributed by atoms with Gasteiger partial charge in [0.05, 0.1) is 11.9 Å². The number of ether oxygens (including phenoxy) is 1. The van der Waals surface area contributed by atoms with Crippen molar-refractivity contribution in [1.29, 1.82) is 0 Å². The second kappa shape index (κ2) is 6.62. The highest BCUT2D eigenvalue weighted by Gasteiger charge is 2.37. The Bertz CT molecular complexity index is 955. The molecule has 3 atom stereocenters. The average molecular weight is 398 g/mol. The maximum atomic E-state index is 14.2. The molecular weight excluding hydrogens is 378 g/mol. The fourth-order valence-electron chi connectivity index (χ4n) is 3.66. The summed E-state index contributed by atoms with van der Waals surface area (Å²) >= 11 is 0. The minimum absolute atomic E-state index is 0.117. The van der Waals surface area contributed by atoms with E-state index in [2.05, 4.69) is 5.10 Å². The van der Waals surface area contributed by atoms with E-state index in [0.29, 0.717) is 31.6 Å². The molecule has 3 heterocycles. The smallest absolute Gasteiger partial charge is 0.250 e. The van der Waals surface area contributed by atoms with Gasteiger partial charge in [0.15, 0.2) is 0 Å². The van der Waals surface area contributed by atoms with E-state index in [1.165, 1.54) is 6.20 Å². The molecule has 0 radical (unpaired) electrons. The van der Waals surface area contributed by atoms with E-state index in [9.17, 15) is 17.2 Å². The first-order valence-electron chi connectivity index (χ1n) is 8.60. The van der Waals surface area contributed by atoms with Crippen molar-refractivity contribution in [1.82, 2.24) is 14.1 Å². The third-order valence-corrected chi connectivity index (χ3v) is 5.90. The van der Waals surface area contributed by atoms with Crippen LogP contribution in [0.4, 0.5) is 8.78 Å². The molecule has 0 bridgehead atoms. The zero-order valence-electron chi connectivity index (χ0n) is 14.7. The molecule has 2 aromatic rings. The van der Waals surface area contributed by atoms with Gasteiger partial charge in [0, 0.05) is 36.5 Å². The third-order valence-electron chi connectivity index (χ3n) is 5.03. The van der Waals surface area contributed by atoms with Crippen LogP contribution in [0.15, 0.2) is 24.4 Å². The molecule has 0 amide bonds. The lowest BCUT2D eigenvalue weighted by molar-refractivity contribution is -0.142. The van der Waals surface area contributed by atoms with Gasteiger partial charge in [0.1, 0.15) is 24.0 Å². The van der Waals surface area contributed by atoms with Crippen LogP contribution in [0, 0.1) is 11.6 Å². The predicted molar refractivity (Wildman–Crippen MR) is 92.9 cm³/mol. The number of halogens is 2. The monoisotopic (exact) mass is 398 g/mol. The summed E-state index contributed by atoms with van der Waals surface area (Å²) in [7, 11) is -3.42. The first-order chi connectivity index (χ1) is 12.7. The number of aromatic nitrogens is 2. The summed E-state index contributed by atoms with van der Waals surface area (Å²) in [6.07, 6.45) is 2.76. The molecule has 0 aliphatic carbocycles. The maximum absolute atomic E-state index is 14.2. The zero-order chi connectivity index (χ0) is 19.3. The van der Waals surface area contributed by atoms with Gasteiger partial charge in [-0.15, -0.1) is 0 Å².